The van der Waals surface area contributed by atoms with Gasteiger partial charge in [0.05, 0.1) is 12.3 Å². The first-order chi connectivity index (χ1) is 6.25. The van der Waals surface area contributed by atoms with E-state index in [1.165, 1.54) is 5.56 Å². The average Bonchev–Trinajstić information content (AvgIpc) is 2.53. The third-order valence-corrected chi connectivity index (χ3v) is 2.89. The summed E-state index contributed by atoms with van der Waals surface area (Å²) < 4.78 is 1.85. The molecule has 3 nitrogen and oxygen atoms in total. The van der Waals surface area contributed by atoms with Crippen molar-refractivity contribution in [3.05, 3.63) is 18.0 Å². The highest BCUT2D eigenvalue weighted by Gasteiger charge is 2.21. The lowest BCUT2D eigenvalue weighted by Crippen LogP contribution is -2.16. The van der Waals surface area contributed by atoms with Crippen molar-refractivity contribution in [2.24, 2.45) is 7.05 Å². The van der Waals surface area contributed by atoms with Gasteiger partial charge in [-0.25, -0.2) is 0 Å². The van der Waals surface area contributed by atoms with Crippen LogP contribution < -0.4 is 0 Å². The fourth-order valence-corrected chi connectivity index (χ4v) is 2.06. The highest BCUT2D eigenvalue weighted by molar-refractivity contribution is 5.11. The molecule has 1 aliphatic carbocycles. The Morgan fingerprint density at radius 3 is 2.62 bits per heavy atom. The highest BCUT2D eigenvalue weighted by Crippen LogP contribution is 2.32. The average molecular weight is 180 g/mol. The molecule has 1 aromatic heterocycles. The molecule has 1 aliphatic rings. The minimum atomic E-state index is -0.0621. The number of hydrogen-bond donors (Lipinski definition) is 1. The SMILES string of the molecule is Cn1cc(C2CCC(O)CC2)cn1. The number of aromatic nitrogens is 2. The Hall–Kier alpha value is -0.830. The fraction of sp³-hybridized carbons (Fsp3) is 0.700. The Balaban J connectivity index is 2.02. The molecular weight excluding hydrogens is 164 g/mol. The van der Waals surface area contributed by atoms with Gasteiger partial charge in [-0.3, -0.25) is 4.68 Å². The standard InChI is InChI=1S/C10H16N2O/c1-12-7-9(6-11-12)8-2-4-10(13)5-3-8/h6-8,10,13H,2-5H2,1H3. The summed E-state index contributed by atoms with van der Waals surface area (Å²) in [6, 6.07) is 0. The molecule has 1 heterocycles. The smallest absolute Gasteiger partial charge is 0.0540 e. The van der Waals surface area contributed by atoms with E-state index in [0.29, 0.717) is 5.92 Å². The Kier molecular flexibility index (Phi) is 2.36. The molecule has 2 rings (SSSR count). The van der Waals surface area contributed by atoms with Crippen LogP contribution in [0.15, 0.2) is 12.4 Å². The van der Waals surface area contributed by atoms with Gasteiger partial charge in [-0.2, -0.15) is 5.10 Å². The van der Waals surface area contributed by atoms with Crippen molar-refractivity contribution < 1.29 is 5.11 Å². The molecule has 0 amide bonds. The minimum Gasteiger partial charge on any atom is -0.393 e. The van der Waals surface area contributed by atoms with E-state index in [4.69, 9.17) is 0 Å². The molecular formula is C10H16N2O. The lowest BCUT2D eigenvalue weighted by atomic mass is 9.84. The largest absolute Gasteiger partial charge is 0.393 e. The summed E-state index contributed by atoms with van der Waals surface area (Å²) in [7, 11) is 1.95. The molecule has 3 heteroatoms. The van der Waals surface area contributed by atoms with E-state index in [0.717, 1.165) is 25.7 Å². The van der Waals surface area contributed by atoms with Crippen molar-refractivity contribution in [2.45, 2.75) is 37.7 Å². The number of aliphatic hydroxyl groups is 1. The first-order valence-corrected chi connectivity index (χ1v) is 4.92. The number of rotatable bonds is 1. The molecule has 13 heavy (non-hydrogen) atoms. The molecule has 1 fully saturated rings. The molecule has 0 spiro atoms. The normalized spacial score (nSPS) is 29.1. The summed E-state index contributed by atoms with van der Waals surface area (Å²) in [6.07, 6.45) is 8.07. The van der Waals surface area contributed by atoms with Crippen molar-refractivity contribution in [1.82, 2.24) is 9.78 Å². The van der Waals surface area contributed by atoms with Crippen LogP contribution in [0, 0.1) is 0 Å². The van der Waals surface area contributed by atoms with Crippen LogP contribution in [0.2, 0.25) is 0 Å². The Bertz CT molecular complexity index is 274. The molecule has 1 saturated carbocycles. The Morgan fingerprint density at radius 1 is 1.38 bits per heavy atom. The molecule has 0 aliphatic heterocycles. The van der Waals surface area contributed by atoms with Gasteiger partial charge in [-0.05, 0) is 37.2 Å². The van der Waals surface area contributed by atoms with Crippen LogP contribution in [0.3, 0.4) is 0 Å². The first-order valence-electron chi connectivity index (χ1n) is 4.92. The van der Waals surface area contributed by atoms with E-state index in [1.54, 1.807) is 0 Å². The topological polar surface area (TPSA) is 38.0 Å². The predicted molar refractivity (Wildman–Crippen MR) is 50.4 cm³/mol. The molecule has 0 unspecified atom stereocenters. The minimum absolute atomic E-state index is 0.0621. The summed E-state index contributed by atoms with van der Waals surface area (Å²) >= 11 is 0. The summed E-state index contributed by atoms with van der Waals surface area (Å²) in [4.78, 5) is 0. The zero-order valence-electron chi connectivity index (χ0n) is 7.98. The molecule has 0 bridgehead atoms. The van der Waals surface area contributed by atoms with Gasteiger partial charge in [-0.1, -0.05) is 0 Å². The van der Waals surface area contributed by atoms with Gasteiger partial charge in [0.2, 0.25) is 0 Å². The third-order valence-electron chi connectivity index (χ3n) is 2.89. The lowest BCUT2D eigenvalue weighted by molar-refractivity contribution is 0.122. The maximum absolute atomic E-state index is 9.36. The maximum Gasteiger partial charge on any atom is 0.0540 e. The quantitative estimate of drug-likeness (QED) is 0.710. The number of aryl methyl sites for hydroxylation is 1. The van der Waals surface area contributed by atoms with Gasteiger partial charge in [0.1, 0.15) is 0 Å². The zero-order chi connectivity index (χ0) is 9.26. The third kappa shape index (κ3) is 1.91. The number of nitrogens with zero attached hydrogens (tertiary/aromatic N) is 2. The van der Waals surface area contributed by atoms with Crippen molar-refractivity contribution in [1.29, 1.82) is 0 Å². The summed E-state index contributed by atoms with van der Waals surface area (Å²) in [5, 5.41) is 13.5. The zero-order valence-corrected chi connectivity index (χ0v) is 7.98. The second-order valence-electron chi connectivity index (χ2n) is 3.95. The molecule has 0 aromatic carbocycles. The maximum atomic E-state index is 9.36. The van der Waals surface area contributed by atoms with Gasteiger partial charge >= 0.3 is 0 Å². The summed E-state index contributed by atoms with van der Waals surface area (Å²) in [5.74, 6) is 0.622. The van der Waals surface area contributed by atoms with Crippen LogP contribution in [-0.2, 0) is 7.05 Å². The van der Waals surface area contributed by atoms with E-state index in [2.05, 4.69) is 11.3 Å². The Labute approximate surface area is 78.4 Å². The van der Waals surface area contributed by atoms with Crippen molar-refractivity contribution in [3.63, 3.8) is 0 Å². The molecule has 0 atom stereocenters. The second-order valence-corrected chi connectivity index (χ2v) is 3.95. The van der Waals surface area contributed by atoms with Crippen LogP contribution in [0.25, 0.3) is 0 Å². The van der Waals surface area contributed by atoms with Gasteiger partial charge in [0.15, 0.2) is 0 Å². The van der Waals surface area contributed by atoms with Crippen molar-refractivity contribution >= 4 is 0 Å². The van der Waals surface area contributed by atoms with Gasteiger partial charge < -0.3 is 5.11 Å². The number of aliphatic hydroxyl groups excluding tert-OH is 1. The molecule has 0 radical (unpaired) electrons. The molecule has 1 N–H and O–H groups in total. The molecule has 1 aromatic rings. The van der Waals surface area contributed by atoms with Gasteiger partial charge in [-0.15, -0.1) is 0 Å². The first kappa shape index (κ1) is 8.75. The second kappa shape index (κ2) is 3.50. The van der Waals surface area contributed by atoms with Crippen molar-refractivity contribution in [2.75, 3.05) is 0 Å². The van der Waals surface area contributed by atoms with Crippen LogP contribution >= 0.6 is 0 Å². The van der Waals surface area contributed by atoms with Crippen LogP contribution in [-0.4, -0.2) is 21.0 Å². The van der Waals surface area contributed by atoms with E-state index in [9.17, 15) is 5.11 Å². The monoisotopic (exact) mass is 180 g/mol. The summed E-state index contributed by atoms with van der Waals surface area (Å²) in [6.45, 7) is 0. The van der Waals surface area contributed by atoms with Crippen LogP contribution in [0.5, 0.6) is 0 Å². The predicted octanol–water partition coefficient (Wildman–Crippen LogP) is 1.44. The highest BCUT2D eigenvalue weighted by atomic mass is 16.3. The van der Waals surface area contributed by atoms with Crippen molar-refractivity contribution in [3.8, 4) is 0 Å². The fourth-order valence-electron chi connectivity index (χ4n) is 2.06. The van der Waals surface area contributed by atoms with E-state index in [-0.39, 0.29) is 6.10 Å². The van der Waals surface area contributed by atoms with Crippen LogP contribution in [0.4, 0.5) is 0 Å². The van der Waals surface area contributed by atoms with E-state index in [1.807, 2.05) is 17.9 Å². The molecule has 0 saturated heterocycles. The lowest BCUT2D eigenvalue weighted by Gasteiger charge is -2.24. The Morgan fingerprint density at radius 2 is 2.08 bits per heavy atom. The summed E-state index contributed by atoms with van der Waals surface area (Å²) in [5.41, 5.74) is 1.33. The van der Waals surface area contributed by atoms with Gasteiger partial charge in [0, 0.05) is 13.2 Å². The van der Waals surface area contributed by atoms with Crippen LogP contribution in [0.1, 0.15) is 37.2 Å². The molecule has 72 valence electrons. The number of hydrogen-bond acceptors (Lipinski definition) is 2. The van der Waals surface area contributed by atoms with E-state index >= 15 is 0 Å². The van der Waals surface area contributed by atoms with E-state index < -0.39 is 0 Å². The van der Waals surface area contributed by atoms with Gasteiger partial charge in [0.25, 0.3) is 0 Å².